The summed E-state index contributed by atoms with van der Waals surface area (Å²) < 4.78 is 41.4. The van der Waals surface area contributed by atoms with Crippen molar-refractivity contribution in [3.63, 3.8) is 0 Å². The Balaban J connectivity index is 1.77. The minimum absolute atomic E-state index is 0.0241. The van der Waals surface area contributed by atoms with Crippen LogP contribution in [0.3, 0.4) is 0 Å². The van der Waals surface area contributed by atoms with Crippen molar-refractivity contribution in [2.75, 3.05) is 6.61 Å². The van der Waals surface area contributed by atoms with E-state index in [9.17, 15) is 18.0 Å². The van der Waals surface area contributed by atoms with Gasteiger partial charge >= 0.3 is 0 Å². The fourth-order valence-electron chi connectivity index (χ4n) is 3.75. The quantitative estimate of drug-likeness (QED) is 0.653. The van der Waals surface area contributed by atoms with Gasteiger partial charge in [0.15, 0.2) is 0 Å². The second kappa shape index (κ2) is 6.74. The number of carbonyl (C=O) groups excluding carboxylic acids is 1. The lowest BCUT2D eigenvalue weighted by Crippen LogP contribution is -2.44. The van der Waals surface area contributed by atoms with E-state index in [0.29, 0.717) is 29.5 Å². The van der Waals surface area contributed by atoms with Crippen LogP contribution in [0, 0.1) is 17.5 Å². The highest BCUT2D eigenvalue weighted by atomic mass is 19.1. The topological polar surface area (TPSA) is 65.1 Å². The summed E-state index contributed by atoms with van der Waals surface area (Å²) in [4.78, 5) is 14.3. The molecule has 4 nitrogen and oxygen atoms in total. The van der Waals surface area contributed by atoms with Crippen molar-refractivity contribution in [3.05, 3.63) is 59.4 Å². The number of nitrogens with one attached hydrogen (secondary N) is 2. The van der Waals surface area contributed by atoms with E-state index in [0.717, 1.165) is 11.6 Å². The number of H-pyrrole nitrogens is 1. The summed E-state index contributed by atoms with van der Waals surface area (Å²) in [6, 6.07) is 7.81. The van der Waals surface area contributed by atoms with Gasteiger partial charge in [-0.15, -0.1) is 0 Å². The molecular formula is C20H17F3N2O2. The lowest BCUT2D eigenvalue weighted by Gasteiger charge is -2.36. The van der Waals surface area contributed by atoms with Crippen molar-refractivity contribution >= 4 is 16.8 Å². The van der Waals surface area contributed by atoms with Gasteiger partial charge in [-0.25, -0.2) is 13.2 Å². The normalized spacial score (nSPS) is 19.1. The van der Waals surface area contributed by atoms with Crippen LogP contribution >= 0.6 is 0 Å². The molecule has 1 heterocycles. The SMILES string of the molecule is O=C(CO)N[C@H]1C[C@@H](c2c(-c3ccc(F)cc3)[nH]c3c(F)cc(F)cc32)C1. The average molecular weight is 374 g/mol. The van der Waals surface area contributed by atoms with Gasteiger partial charge in [-0.3, -0.25) is 4.79 Å². The van der Waals surface area contributed by atoms with Crippen LogP contribution in [0.2, 0.25) is 0 Å². The van der Waals surface area contributed by atoms with Crippen LogP contribution in [0.25, 0.3) is 22.2 Å². The molecule has 0 saturated heterocycles. The molecule has 0 atom stereocenters. The minimum atomic E-state index is -0.691. The predicted octanol–water partition coefficient (Wildman–Crippen LogP) is 3.61. The lowest BCUT2D eigenvalue weighted by atomic mass is 9.74. The smallest absolute Gasteiger partial charge is 0.245 e. The predicted molar refractivity (Wildman–Crippen MR) is 94.6 cm³/mol. The second-order valence-corrected chi connectivity index (χ2v) is 6.82. The number of carbonyl (C=O) groups is 1. The Bertz CT molecular complexity index is 1010. The van der Waals surface area contributed by atoms with E-state index < -0.39 is 24.1 Å². The van der Waals surface area contributed by atoms with Crippen molar-refractivity contribution in [2.24, 2.45) is 0 Å². The van der Waals surface area contributed by atoms with Gasteiger partial charge in [0.2, 0.25) is 5.91 Å². The second-order valence-electron chi connectivity index (χ2n) is 6.82. The van der Waals surface area contributed by atoms with Crippen LogP contribution in [-0.4, -0.2) is 28.6 Å². The van der Waals surface area contributed by atoms with E-state index in [-0.39, 0.29) is 23.3 Å². The summed E-state index contributed by atoms with van der Waals surface area (Å²) in [5, 5.41) is 12.0. The Morgan fingerprint density at radius 2 is 1.81 bits per heavy atom. The third kappa shape index (κ3) is 3.19. The molecule has 2 aromatic carbocycles. The summed E-state index contributed by atoms with van der Waals surface area (Å²) in [5.41, 5.74) is 2.25. The van der Waals surface area contributed by atoms with Crippen molar-refractivity contribution in [2.45, 2.75) is 24.8 Å². The molecule has 0 spiro atoms. The number of fused-ring (bicyclic) bond motifs is 1. The highest BCUT2D eigenvalue weighted by Gasteiger charge is 2.35. The third-order valence-electron chi connectivity index (χ3n) is 5.05. The number of aliphatic hydroxyl groups is 1. The van der Waals surface area contributed by atoms with Crippen LogP contribution in [0.1, 0.15) is 24.3 Å². The molecule has 3 aromatic rings. The molecule has 7 heteroatoms. The van der Waals surface area contributed by atoms with Gasteiger partial charge in [-0.2, -0.15) is 0 Å². The summed E-state index contributed by atoms with van der Waals surface area (Å²) in [7, 11) is 0. The van der Waals surface area contributed by atoms with Crippen LogP contribution in [-0.2, 0) is 4.79 Å². The van der Waals surface area contributed by atoms with Crippen LogP contribution in [0.4, 0.5) is 13.2 Å². The molecule has 1 fully saturated rings. The first kappa shape index (κ1) is 17.6. The lowest BCUT2D eigenvalue weighted by molar-refractivity contribution is -0.125. The molecule has 1 aliphatic carbocycles. The summed E-state index contributed by atoms with van der Waals surface area (Å²) >= 11 is 0. The largest absolute Gasteiger partial charge is 0.387 e. The van der Waals surface area contributed by atoms with Crippen LogP contribution in [0.15, 0.2) is 36.4 Å². The summed E-state index contributed by atoms with van der Waals surface area (Å²) in [6.45, 7) is -0.578. The summed E-state index contributed by atoms with van der Waals surface area (Å²) in [6.07, 6.45) is 1.18. The molecule has 1 aromatic heterocycles. The first-order valence-electron chi connectivity index (χ1n) is 8.63. The average Bonchev–Trinajstić information content (AvgIpc) is 2.97. The van der Waals surface area contributed by atoms with E-state index in [2.05, 4.69) is 10.3 Å². The zero-order valence-corrected chi connectivity index (χ0v) is 14.2. The molecule has 3 N–H and O–H groups in total. The zero-order valence-electron chi connectivity index (χ0n) is 14.2. The van der Waals surface area contributed by atoms with E-state index in [1.807, 2.05) is 0 Å². The van der Waals surface area contributed by atoms with Gasteiger partial charge in [0.1, 0.15) is 24.1 Å². The Kier molecular flexibility index (Phi) is 4.39. The maximum Gasteiger partial charge on any atom is 0.245 e. The number of halogens is 3. The molecule has 4 rings (SSSR count). The Labute approximate surface area is 153 Å². The van der Waals surface area contributed by atoms with E-state index in [1.54, 1.807) is 12.1 Å². The molecule has 1 amide bonds. The minimum Gasteiger partial charge on any atom is -0.387 e. The van der Waals surface area contributed by atoms with Gasteiger partial charge in [0.05, 0.1) is 11.2 Å². The standard InChI is InChI=1S/C20H17F3N2O2/c21-12-3-1-10(2-4-12)19-18(11-5-14(6-11)24-17(27)9-26)15-7-13(22)8-16(23)20(15)25-19/h1-4,7-8,11,14,25-26H,5-6,9H2,(H,24,27)/t11-,14+. The molecule has 0 bridgehead atoms. The monoisotopic (exact) mass is 374 g/mol. The van der Waals surface area contributed by atoms with E-state index in [1.165, 1.54) is 18.2 Å². The van der Waals surface area contributed by atoms with Crippen molar-refractivity contribution < 1.29 is 23.1 Å². The number of benzene rings is 2. The zero-order chi connectivity index (χ0) is 19.1. The highest BCUT2D eigenvalue weighted by Crippen LogP contribution is 2.45. The number of hydrogen-bond acceptors (Lipinski definition) is 2. The van der Waals surface area contributed by atoms with Gasteiger partial charge in [0, 0.05) is 17.5 Å². The van der Waals surface area contributed by atoms with Crippen molar-refractivity contribution in [3.8, 4) is 11.3 Å². The Morgan fingerprint density at radius 3 is 2.48 bits per heavy atom. The summed E-state index contributed by atoms with van der Waals surface area (Å²) in [5.74, 6) is -2.22. The number of aromatic nitrogens is 1. The maximum absolute atomic E-state index is 14.3. The molecule has 1 saturated carbocycles. The number of aliphatic hydroxyl groups excluding tert-OH is 1. The first-order chi connectivity index (χ1) is 13.0. The molecule has 140 valence electrons. The number of rotatable bonds is 4. The Morgan fingerprint density at radius 1 is 1.11 bits per heavy atom. The number of hydrogen-bond donors (Lipinski definition) is 3. The maximum atomic E-state index is 14.3. The number of amides is 1. The fraction of sp³-hybridized carbons (Fsp3) is 0.250. The molecular weight excluding hydrogens is 357 g/mol. The van der Waals surface area contributed by atoms with E-state index >= 15 is 0 Å². The molecule has 0 aliphatic heterocycles. The van der Waals surface area contributed by atoms with Gasteiger partial charge < -0.3 is 15.4 Å². The van der Waals surface area contributed by atoms with Crippen LogP contribution in [0.5, 0.6) is 0 Å². The molecule has 0 radical (unpaired) electrons. The van der Waals surface area contributed by atoms with Gasteiger partial charge in [-0.1, -0.05) is 0 Å². The van der Waals surface area contributed by atoms with Crippen molar-refractivity contribution in [1.82, 2.24) is 10.3 Å². The van der Waals surface area contributed by atoms with Crippen molar-refractivity contribution in [1.29, 1.82) is 0 Å². The molecule has 27 heavy (non-hydrogen) atoms. The first-order valence-corrected chi connectivity index (χ1v) is 8.63. The fourth-order valence-corrected chi connectivity index (χ4v) is 3.75. The van der Waals surface area contributed by atoms with Crippen LogP contribution < -0.4 is 5.32 Å². The Hall–Kier alpha value is -2.80. The molecule has 0 unspecified atom stereocenters. The van der Waals surface area contributed by atoms with Gasteiger partial charge in [-0.05, 0) is 60.2 Å². The highest BCUT2D eigenvalue weighted by molar-refractivity contribution is 5.92. The molecule has 1 aliphatic rings. The number of aromatic amines is 1. The van der Waals surface area contributed by atoms with Gasteiger partial charge in [0.25, 0.3) is 0 Å². The third-order valence-corrected chi connectivity index (χ3v) is 5.05. The van der Waals surface area contributed by atoms with E-state index in [4.69, 9.17) is 5.11 Å².